The molecule has 3 N–H and O–H groups in total. The first-order valence-electron chi connectivity index (χ1n) is 5.20. The Bertz CT molecular complexity index is 347. The molecule has 0 aromatic heterocycles. The highest BCUT2D eigenvalue weighted by Gasteiger charge is 2.26. The summed E-state index contributed by atoms with van der Waals surface area (Å²) in [7, 11) is 0. The number of nitrogens with two attached hydrogens (primary N) is 1. The van der Waals surface area contributed by atoms with Crippen molar-refractivity contribution in [2.45, 2.75) is 12.5 Å². The van der Waals surface area contributed by atoms with Crippen LogP contribution in [0.3, 0.4) is 0 Å². The van der Waals surface area contributed by atoms with Crippen LogP contribution in [0.15, 0.2) is 18.2 Å². The number of benzene rings is 1. The van der Waals surface area contributed by atoms with Gasteiger partial charge >= 0.3 is 0 Å². The topological polar surface area (TPSA) is 47.3 Å². The second-order valence-corrected chi connectivity index (χ2v) is 3.97. The average molecular weight is 228 g/mol. The summed E-state index contributed by atoms with van der Waals surface area (Å²) < 4.78 is 31.4. The van der Waals surface area contributed by atoms with Crippen molar-refractivity contribution in [3.63, 3.8) is 0 Å². The van der Waals surface area contributed by atoms with Gasteiger partial charge in [-0.2, -0.15) is 0 Å². The second kappa shape index (κ2) is 4.86. The van der Waals surface area contributed by atoms with Crippen LogP contribution in [0.5, 0.6) is 0 Å². The molecule has 2 rings (SSSR count). The van der Waals surface area contributed by atoms with Gasteiger partial charge in [-0.25, -0.2) is 8.78 Å². The minimum absolute atomic E-state index is 0.159. The molecule has 0 spiro atoms. The van der Waals surface area contributed by atoms with Crippen LogP contribution in [0.25, 0.3) is 0 Å². The van der Waals surface area contributed by atoms with E-state index in [2.05, 4.69) is 5.43 Å². The lowest BCUT2D eigenvalue weighted by molar-refractivity contribution is 0.176. The average Bonchev–Trinajstić information content (AvgIpc) is 2.70. The Morgan fingerprint density at radius 2 is 2.00 bits per heavy atom. The van der Waals surface area contributed by atoms with Crippen molar-refractivity contribution in [3.05, 3.63) is 35.4 Å². The van der Waals surface area contributed by atoms with Gasteiger partial charge in [-0.1, -0.05) is 0 Å². The number of ether oxygens (including phenoxy) is 1. The maximum atomic E-state index is 13.1. The molecule has 1 saturated heterocycles. The van der Waals surface area contributed by atoms with Crippen molar-refractivity contribution < 1.29 is 13.5 Å². The Morgan fingerprint density at radius 1 is 1.31 bits per heavy atom. The van der Waals surface area contributed by atoms with Crippen molar-refractivity contribution in [1.29, 1.82) is 0 Å². The Hall–Kier alpha value is -1.04. The number of nitrogens with one attached hydrogen (secondary N) is 1. The van der Waals surface area contributed by atoms with E-state index >= 15 is 0 Å². The van der Waals surface area contributed by atoms with E-state index in [9.17, 15) is 8.78 Å². The molecule has 2 atom stereocenters. The van der Waals surface area contributed by atoms with Gasteiger partial charge in [0.1, 0.15) is 11.6 Å². The lowest BCUT2D eigenvalue weighted by Crippen LogP contribution is -2.34. The lowest BCUT2D eigenvalue weighted by Gasteiger charge is -2.21. The zero-order chi connectivity index (χ0) is 11.5. The second-order valence-electron chi connectivity index (χ2n) is 3.97. The molecule has 1 aromatic carbocycles. The molecule has 0 bridgehead atoms. The van der Waals surface area contributed by atoms with E-state index in [1.54, 1.807) is 0 Å². The standard InChI is InChI=1S/C11H14F2N2O/c12-9-3-8(4-10(13)5-9)11(15-14)7-1-2-16-6-7/h3-5,7,11,15H,1-2,6,14H2. The fourth-order valence-corrected chi connectivity index (χ4v) is 2.07. The number of hydrazine groups is 1. The van der Waals surface area contributed by atoms with E-state index in [0.717, 1.165) is 12.5 Å². The van der Waals surface area contributed by atoms with Crippen LogP contribution in [-0.4, -0.2) is 13.2 Å². The highest BCUT2D eigenvalue weighted by molar-refractivity contribution is 5.22. The molecule has 0 saturated carbocycles. The quantitative estimate of drug-likeness (QED) is 0.609. The van der Waals surface area contributed by atoms with Crippen molar-refractivity contribution >= 4 is 0 Å². The minimum atomic E-state index is -0.589. The highest BCUT2D eigenvalue weighted by atomic mass is 19.1. The molecule has 0 aliphatic carbocycles. The van der Waals surface area contributed by atoms with Crippen LogP contribution < -0.4 is 11.3 Å². The van der Waals surface area contributed by atoms with Crippen molar-refractivity contribution in [2.24, 2.45) is 11.8 Å². The Labute approximate surface area is 92.6 Å². The number of halogens is 2. The lowest BCUT2D eigenvalue weighted by atomic mass is 9.93. The third kappa shape index (κ3) is 2.37. The molecule has 88 valence electrons. The molecule has 0 radical (unpaired) electrons. The first-order chi connectivity index (χ1) is 7.70. The van der Waals surface area contributed by atoms with Crippen molar-refractivity contribution in [1.82, 2.24) is 5.43 Å². The molecule has 5 heteroatoms. The molecule has 1 fully saturated rings. The molecule has 1 aliphatic heterocycles. The first kappa shape index (κ1) is 11.4. The summed E-state index contributed by atoms with van der Waals surface area (Å²) >= 11 is 0. The fraction of sp³-hybridized carbons (Fsp3) is 0.455. The monoisotopic (exact) mass is 228 g/mol. The predicted molar refractivity (Wildman–Crippen MR) is 55.3 cm³/mol. The van der Waals surface area contributed by atoms with Gasteiger partial charge in [0, 0.05) is 18.6 Å². The summed E-state index contributed by atoms with van der Waals surface area (Å²) in [6.45, 7) is 1.23. The highest BCUT2D eigenvalue weighted by Crippen LogP contribution is 2.28. The van der Waals surface area contributed by atoms with Gasteiger partial charge in [-0.05, 0) is 24.1 Å². The van der Waals surface area contributed by atoms with Gasteiger partial charge in [-0.3, -0.25) is 11.3 Å². The van der Waals surface area contributed by atoms with Gasteiger partial charge in [0.2, 0.25) is 0 Å². The molecule has 3 nitrogen and oxygen atoms in total. The third-order valence-corrected chi connectivity index (χ3v) is 2.86. The molecule has 16 heavy (non-hydrogen) atoms. The SMILES string of the molecule is NNC(c1cc(F)cc(F)c1)C1CCOC1. The molecular weight excluding hydrogens is 214 g/mol. The van der Waals surface area contributed by atoms with Crippen LogP contribution in [0.2, 0.25) is 0 Å². The number of hydrogen-bond acceptors (Lipinski definition) is 3. The molecule has 1 aliphatic rings. The number of hydrogen-bond donors (Lipinski definition) is 2. The summed E-state index contributed by atoms with van der Waals surface area (Å²) in [6, 6.07) is 3.17. The van der Waals surface area contributed by atoms with Gasteiger partial charge in [0.15, 0.2) is 0 Å². The van der Waals surface area contributed by atoms with E-state index in [0.29, 0.717) is 18.8 Å². The fourth-order valence-electron chi connectivity index (χ4n) is 2.07. The molecule has 2 unspecified atom stereocenters. The van der Waals surface area contributed by atoms with Crippen LogP contribution in [0.4, 0.5) is 8.78 Å². The maximum Gasteiger partial charge on any atom is 0.126 e. The van der Waals surface area contributed by atoms with E-state index < -0.39 is 11.6 Å². The van der Waals surface area contributed by atoms with Crippen molar-refractivity contribution in [2.75, 3.05) is 13.2 Å². The van der Waals surface area contributed by atoms with Crippen LogP contribution >= 0.6 is 0 Å². The van der Waals surface area contributed by atoms with Gasteiger partial charge in [0.25, 0.3) is 0 Å². The summed E-state index contributed by atoms with van der Waals surface area (Å²) in [4.78, 5) is 0. The summed E-state index contributed by atoms with van der Waals surface area (Å²) in [5, 5.41) is 0. The molecular formula is C11H14F2N2O. The Morgan fingerprint density at radius 3 is 2.50 bits per heavy atom. The van der Waals surface area contributed by atoms with Crippen LogP contribution in [0, 0.1) is 17.6 Å². The largest absolute Gasteiger partial charge is 0.381 e. The maximum absolute atomic E-state index is 13.1. The van der Waals surface area contributed by atoms with E-state index in [4.69, 9.17) is 10.6 Å². The molecule has 1 aromatic rings. The van der Waals surface area contributed by atoms with Crippen LogP contribution in [0.1, 0.15) is 18.0 Å². The Balaban J connectivity index is 2.24. The molecule has 0 amide bonds. The first-order valence-corrected chi connectivity index (χ1v) is 5.20. The van der Waals surface area contributed by atoms with E-state index in [1.807, 2.05) is 0 Å². The van der Waals surface area contributed by atoms with Gasteiger partial charge < -0.3 is 4.74 Å². The third-order valence-electron chi connectivity index (χ3n) is 2.86. The van der Waals surface area contributed by atoms with E-state index in [-0.39, 0.29) is 12.0 Å². The summed E-state index contributed by atoms with van der Waals surface area (Å²) in [6.07, 6.45) is 0.840. The zero-order valence-electron chi connectivity index (χ0n) is 8.75. The summed E-state index contributed by atoms with van der Waals surface area (Å²) in [5.74, 6) is 4.42. The van der Waals surface area contributed by atoms with Gasteiger partial charge in [-0.15, -0.1) is 0 Å². The minimum Gasteiger partial charge on any atom is -0.381 e. The van der Waals surface area contributed by atoms with Gasteiger partial charge in [0.05, 0.1) is 12.6 Å². The normalized spacial score (nSPS) is 22.3. The smallest absolute Gasteiger partial charge is 0.126 e. The van der Waals surface area contributed by atoms with Crippen molar-refractivity contribution in [3.8, 4) is 0 Å². The number of rotatable bonds is 3. The predicted octanol–water partition coefficient (Wildman–Crippen LogP) is 1.51. The summed E-state index contributed by atoms with van der Waals surface area (Å²) in [5.41, 5.74) is 3.12. The van der Waals surface area contributed by atoms with E-state index in [1.165, 1.54) is 12.1 Å². The Kier molecular flexibility index (Phi) is 3.48. The van der Waals surface area contributed by atoms with Crippen LogP contribution in [-0.2, 0) is 4.74 Å². The zero-order valence-corrected chi connectivity index (χ0v) is 8.75. The molecule has 1 heterocycles.